The van der Waals surface area contributed by atoms with Gasteiger partial charge in [0.05, 0.1) is 18.5 Å². The molecule has 8 heteroatoms. The number of aromatic nitrogens is 1. The molecule has 1 aromatic heterocycles. The van der Waals surface area contributed by atoms with Crippen LogP contribution in [0.3, 0.4) is 0 Å². The first-order valence-corrected chi connectivity index (χ1v) is 13.0. The summed E-state index contributed by atoms with van der Waals surface area (Å²) in [5.41, 5.74) is 3.89. The summed E-state index contributed by atoms with van der Waals surface area (Å²) in [6, 6.07) is 15.8. The fraction of sp³-hybridized carbons (Fsp3) is 0.357. The SMILES string of the molecule is CCC(C(=O)Oc1c(-c2ccc(F)cc2C)cc(-c2ccccc2)nc1C(C)C)(C(C)O)[P+](=O)OC. The lowest BCUT2D eigenvalue weighted by Gasteiger charge is -2.24. The minimum absolute atomic E-state index is 0.0317. The standard InChI is InChI=1S/C28H32FNO5P/c1-7-28(19(5)31,36(33)34-6)27(32)35-26-23(22-14-13-21(29)15-18(22)4)16-24(30-25(26)17(2)3)20-11-9-8-10-12-20/h8-17,19,31H,7H2,1-6H3/q+1. The number of esters is 1. The molecule has 1 N–H and O–H groups in total. The highest BCUT2D eigenvalue weighted by Gasteiger charge is 2.62. The molecule has 6 nitrogen and oxygen atoms in total. The minimum Gasteiger partial charge on any atom is -0.420 e. The maximum Gasteiger partial charge on any atom is 0.529 e. The molecule has 0 aliphatic heterocycles. The van der Waals surface area contributed by atoms with Crippen LogP contribution < -0.4 is 4.74 Å². The van der Waals surface area contributed by atoms with E-state index in [4.69, 9.17) is 14.2 Å². The summed E-state index contributed by atoms with van der Waals surface area (Å²) in [4.78, 5) is 18.5. The number of carbonyl (C=O) groups is 1. The summed E-state index contributed by atoms with van der Waals surface area (Å²) in [5.74, 6) is -1.23. The van der Waals surface area contributed by atoms with Crippen molar-refractivity contribution in [2.75, 3.05) is 7.11 Å². The Hall–Kier alpha value is -2.99. The number of hydrogen-bond donors (Lipinski definition) is 1. The van der Waals surface area contributed by atoms with Crippen LogP contribution in [0.4, 0.5) is 4.39 Å². The molecule has 0 amide bonds. The van der Waals surface area contributed by atoms with Gasteiger partial charge in [0.1, 0.15) is 11.9 Å². The number of pyridine rings is 1. The highest BCUT2D eigenvalue weighted by Crippen LogP contribution is 2.47. The van der Waals surface area contributed by atoms with Crippen molar-refractivity contribution < 1.29 is 28.1 Å². The number of ether oxygens (including phenoxy) is 1. The zero-order valence-electron chi connectivity index (χ0n) is 21.4. The van der Waals surface area contributed by atoms with Gasteiger partial charge >= 0.3 is 19.2 Å². The Balaban J connectivity index is 2.31. The van der Waals surface area contributed by atoms with Gasteiger partial charge in [-0.3, -0.25) is 0 Å². The monoisotopic (exact) mass is 512 g/mol. The van der Waals surface area contributed by atoms with E-state index in [9.17, 15) is 18.9 Å². The first kappa shape index (κ1) is 27.6. The first-order chi connectivity index (χ1) is 17.1. The predicted molar refractivity (Wildman–Crippen MR) is 139 cm³/mol. The Morgan fingerprint density at radius 1 is 1.11 bits per heavy atom. The van der Waals surface area contributed by atoms with Crippen molar-refractivity contribution in [2.24, 2.45) is 0 Å². The number of rotatable bonds is 9. The van der Waals surface area contributed by atoms with Crippen LogP contribution in [-0.2, 0) is 13.9 Å². The van der Waals surface area contributed by atoms with Gasteiger partial charge < -0.3 is 9.84 Å². The number of aliphatic hydroxyl groups is 1. The van der Waals surface area contributed by atoms with Gasteiger partial charge in [-0.25, -0.2) is 14.2 Å². The number of halogens is 1. The summed E-state index contributed by atoms with van der Waals surface area (Å²) in [7, 11) is -1.36. The quantitative estimate of drug-likeness (QED) is 0.250. The number of nitrogens with zero attached hydrogens (tertiary/aromatic N) is 1. The topological polar surface area (TPSA) is 85.7 Å². The number of hydrogen-bond acceptors (Lipinski definition) is 6. The van der Waals surface area contributed by atoms with E-state index in [1.807, 2.05) is 44.2 Å². The van der Waals surface area contributed by atoms with Crippen LogP contribution in [-0.4, -0.2) is 34.4 Å². The molecular formula is C28H32FNO5P+. The molecule has 0 bridgehead atoms. The Kier molecular flexibility index (Phi) is 8.72. The van der Waals surface area contributed by atoms with E-state index in [2.05, 4.69) is 0 Å². The molecule has 3 atom stereocenters. The van der Waals surface area contributed by atoms with E-state index >= 15 is 0 Å². The molecule has 190 valence electrons. The molecule has 0 radical (unpaired) electrons. The smallest absolute Gasteiger partial charge is 0.420 e. The van der Waals surface area contributed by atoms with Crippen molar-refractivity contribution in [1.82, 2.24) is 4.98 Å². The molecule has 0 aliphatic carbocycles. The molecule has 3 rings (SSSR count). The van der Waals surface area contributed by atoms with Crippen molar-refractivity contribution in [2.45, 2.75) is 58.2 Å². The highest BCUT2D eigenvalue weighted by molar-refractivity contribution is 7.42. The predicted octanol–water partition coefficient (Wildman–Crippen LogP) is 6.81. The fourth-order valence-electron chi connectivity index (χ4n) is 4.25. The second-order valence-electron chi connectivity index (χ2n) is 9.03. The molecule has 2 aromatic carbocycles. The van der Waals surface area contributed by atoms with Crippen molar-refractivity contribution in [3.63, 3.8) is 0 Å². The molecule has 0 saturated carbocycles. The maximum atomic E-state index is 14.0. The van der Waals surface area contributed by atoms with Crippen LogP contribution in [0, 0.1) is 12.7 Å². The average Bonchev–Trinajstić information content (AvgIpc) is 2.85. The molecular weight excluding hydrogens is 480 g/mol. The zero-order chi connectivity index (χ0) is 26.6. The lowest BCUT2D eigenvalue weighted by molar-refractivity contribution is -0.140. The maximum absolute atomic E-state index is 14.0. The third-order valence-corrected chi connectivity index (χ3v) is 8.22. The van der Waals surface area contributed by atoms with Gasteiger partial charge in [0.2, 0.25) is 0 Å². The number of aliphatic hydroxyl groups excluding tert-OH is 1. The molecule has 1 heterocycles. The van der Waals surface area contributed by atoms with Gasteiger partial charge in [-0.2, -0.15) is 0 Å². The summed E-state index contributed by atoms with van der Waals surface area (Å²) in [6.45, 7) is 8.66. The second-order valence-corrected chi connectivity index (χ2v) is 10.7. The van der Waals surface area contributed by atoms with E-state index in [0.29, 0.717) is 28.1 Å². The van der Waals surface area contributed by atoms with Crippen LogP contribution >= 0.6 is 8.03 Å². The zero-order valence-corrected chi connectivity index (χ0v) is 22.3. The normalized spacial score (nSPS) is 14.3. The molecule has 0 spiro atoms. The van der Waals surface area contributed by atoms with Gasteiger partial charge in [0.25, 0.3) is 0 Å². The first-order valence-electron chi connectivity index (χ1n) is 11.8. The Morgan fingerprint density at radius 2 is 1.78 bits per heavy atom. The lowest BCUT2D eigenvalue weighted by Crippen LogP contribution is -2.47. The van der Waals surface area contributed by atoms with Gasteiger partial charge in [-0.1, -0.05) is 57.2 Å². The van der Waals surface area contributed by atoms with E-state index in [0.717, 1.165) is 5.56 Å². The second kappa shape index (κ2) is 11.4. The van der Waals surface area contributed by atoms with E-state index < -0.39 is 25.3 Å². The van der Waals surface area contributed by atoms with Gasteiger partial charge in [0, 0.05) is 17.5 Å². The Labute approximate surface area is 212 Å². The summed E-state index contributed by atoms with van der Waals surface area (Å²) in [6.07, 6.45) is -1.27. The van der Waals surface area contributed by atoms with E-state index in [-0.39, 0.29) is 23.9 Å². The fourth-order valence-corrected chi connectivity index (χ4v) is 5.33. The minimum atomic E-state index is -2.59. The van der Waals surface area contributed by atoms with E-state index in [1.54, 1.807) is 26.0 Å². The summed E-state index contributed by atoms with van der Waals surface area (Å²) in [5, 5.41) is 8.75. The Morgan fingerprint density at radius 3 is 2.31 bits per heavy atom. The summed E-state index contributed by atoms with van der Waals surface area (Å²) >= 11 is 0. The van der Waals surface area contributed by atoms with Crippen molar-refractivity contribution in [1.29, 1.82) is 0 Å². The van der Waals surface area contributed by atoms with Crippen LogP contribution in [0.15, 0.2) is 54.6 Å². The van der Waals surface area contributed by atoms with Crippen molar-refractivity contribution in [3.8, 4) is 28.1 Å². The number of carbonyl (C=O) groups excluding carboxylic acids is 1. The molecule has 0 fully saturated rings. The third kappa shape index (κ3) is 5.24. The van der Waals surface area contributed by atoms with E-state index in [1.165, 1.54) is 26.2 Å². The van der Waals surface area contributed by atoms with Crippen molar-refractivity contribution in [3.05, 3.63) is 71.7 Å². The van der Waals surface area contributed by atoms with Crippen LogP contribution in [0.25, 0.3) is 22.4 Å². The van der Waals surface area contributed by atoms with Crippen molar-refractivity contribution >= 4 is 14.0 Å². The average molecular weight is 513 g/mol. The molecule has 0 aliphatic rings. The molecule has 0 saturated heterocycles. The van der Waals surface area contributed by atoms with Gasteiger partial charge in [-0.15, -0.1) is 4.52 Å². The number of aryl methyl sites for hydroxylation is 1. The Bertz CT molecular complexity index is 1260. The van der Waals surface area contributed by atoms with Gasteiger partial charge in [0.15, 0.2) is 5.75 Å². The lowest BCUT2D eigenvalue weighted by atomic mass is 9.94. The molecule has 3 unspecified atom stereocenters. The van der Waals surface area contributed by atoms with Gasteiger partial charge in [-0.05, 0) is 53.7 Å². The van der Waals surface area contributed by atoms with Crippen LogP contribution in [0.1, 0.15) is 51.3 Å². The highest BCUT2D eigenvalue weighted by atomic mass is 31.1. The van der Waals surface area contributed by atoms with Crippen LogP contribution in [0.5, 0.6) is 5.75 Å². The molecule has 36 heavy (non-hydrogen) atoms. The third-order valence-electron chi connectivity index (χ3n) is 6.36. The number of benzene rings is 2. The molecule has 3 aromatic rings. The van der Waals surface area contributed by atoms with Crippen LogP contribution in [0.2, 0.25) is 0 Å². The summed E-state index contributed by atoms with van der Waals surface area (Å²) < 4.78 is 37.8. The largest absolute Gasteiger partial charge is 0.529 e.